The fourth-order valence-electron chi connectivity index (χ4n) is 2.03. The van der Waals surface area contributed by atoms with Crippen molar-refractivity contribution in [2.75, 3.05) is 16.8 Å². The van der Waals surface area contributed by atoms with Crippen LogP contribution in [-0.2, 0) is 6.18 Å². The number of aromatic nitrogens is 2. The zero-order valence-corrected chi connectivity index (χ0v) is 14.6. The van der Waals surface area contributed by atoms with Crippen molar-refractivity contribution in [1.82, 2.24) is 10.2 Å². The first-order valence-corrected chi connectivity index (χ1v) is 9.90. The zero-order valence-electron chi connectivity index (χ0n) is 12.2. The van der Waals surface area contributed by atoms with Crippen molar-refractivity contribution in [3.63, 3.8) is 0 Å². The number of amides is 1. The number of hydrogen-bond donors (Lipinski definition) is 1. The van der Waals surface area contributed by atoms with Crippen LogP contribution >= 0.6 is 34.9 Å². The van der Waals surface area contributed by atoms with Crippen LogP contribution in [0.2, 0.25) is 0 Å². The number of rotatable bonds is 3. The van der Waals surface area contributed by atoms with Gasteiger partial charge in [-0.2, -0.15) is 13.2 Å². The van der Waals surface area contributed by atoms with Gasteiger partial charge in [-0.05, 0) is 35.6 Å². The van der Waals surface area contributed by atoms with Gasteiger partial charge < -0.3 is 0 Å². The summed E-state index contributed by atoms with van der Waals surface area (Å²) in [4.78, 5) is 12.1. The summed E-state index contributed by atoms with van der Waals surface area (Å²) in [6.45, 7) is 0. The first-order valence-electron chi connectivity index (χ1n) is 6.99. The standard InChI is InChI=1S/C14H12F3N3OS3/c15-14(16,17)12-19-20-13(24-12)18-10(21)8-2-4-9(5-3-8)11-22-6-1-7-23-11/h2-5,11H,1,6-7H2,(H,18,20,21). The molecule has 0 bridgehead atoms. The molecule has 0 saturated carbocycles. The van der Waals surface area contributed by atoms with E-state index >= 15 is 0 Å². The Hall–Kier alpha value is -1.26. The summed E-state index contributed by atoms with van der Waals surface area (Å²) in [7, 11) is 0. The Morgan fingerprint density at radius 1 is 1.12 bits per heavy atom. The van der Waals surface area contributed by atoms with Crippen LogP contribution in [-0.4, -0.2) is 27.6 Å². The summed E-state index contributed by atoms with van der Waals surface area (Å²) in [6.07, 6.45) is -3.36. The molecule has 1 aliphatic heterocycles. The molecule has 10 heteroatoms. The molecule has 4 nitrogen and oxygen atoms in total. The fraction of sp³-hybridized carbons (Fsp3) is 0.357. The number of hydrogen-bond acceptors (Lipinski definition) is 6. The molecule has 1 N–H and O–H groups in total. The first kappa shape index (κ1) is 17.6. The van der Waals surface area contributed by atoms with Crippen molar-refractivity contribution in [3.8, 4) is 0 Å². The summed E-state index contributed by atoms with van der Waals surface area (Å²) in [5.41, 5.74) is 1.50. The lowest BCUT2D eigenvalue weighted by molar-refractivity contribution is -0.138. The van der Waals surface area contributed by atoms with Crippen LogP contribution in [0.1, 0.15) is 31.9 Å². The Labute approximate surface area is 148 Å². The van der Waals surface area contributed by atoms with Crippen LogP contribution in [0.3, 0.4) is 0 Å². The summed E-state index contributed by atoms with van der Waals surface area (Å²) in [5.74, 6) is 1.74. The van der Waals surface area contributed by atoms with Gasteiger partial charge in [-0.3, -0.25) is 10.1 Å². The largest absolute Gasteiger partial charge is 0.445 e. The average Bonchev–Trinajstić information content (AvgIpc) is 3.05. The molecule has 0 aliphatic carbocycles. The molecule has 1 aliphatic rings. The van der Waals surface area contributed by atoms with E-state index in [0.29, 0.717) is 21.5 Å². The van der Waals surface area contributed by atoms with E-state index in [-0.39, 0.29) is 5.13 Å². The van der Waals surface area contributed by atoms with E-state index in [1.165, 1.54) is 6.42 Å². The molecule has 0 atom stereocenters. The van der Waals surface area contributed by atoms with Gasteiger partial charge in [0.2, 0.25) is 10.1 Å². The van der Waals surface area contributed by atoms with E-state index in [1.807, 2.05) is 35.7 Å². The van der Waals surface area contributed by atoms with Crippen LogP contribution < -0.4 is 5.32 Å². The molecule has 128 valence electrons. The van der Waals surface area contributed by atoms with E-state index in [0.717, 1.165) is 17.1 Å². The van der Waals surface area contributed by atoms with E-state index < -0.39 is 17.1 Å². The maximum atomic E-state index is 12.5. The number of anilines is 1. The second-order valence-corrected chi connectivity index (χ2v) is 8.62. The number of alkyl halides is 3. The van der Waals surface area contributed by atoms with Gasteiger partial charge >= 0.3 is 6.18 Å². The molecular weight excluding hydrogens is 379 g/mol. The number of halogens is 3. The van der Waals surface area contributed by atoms with E-state index in [2.05, 4.69) is 15.5 Å². The van der Waals surface area contributed by atoms with Gasteiger partial charge in [0.15, 0.2) is 0 Å². The normalized spacial score (nSPS) is 16.1. The molecule has 24 heavy (non-hydrogen) atoms. The van der Waals surface area contributed by atoms with Gasteiger partial charge in [-0.1, -0.05) is 23.5 Å². The topological polar surface area (TPSA) is 54.9 Å². The highest BCUT2D eigenvalue weighted by molar-refractivity contribution is 8.16. The lowest BCUT2D eigenvalue weighted by Crippen LogP contribution is -2.11. The average molecular weight is 391 g/mol. The minimum atomic E-state index is -4.56. The maximum absolute atomic E-state index is 12.5. The third-order valence-electron chi connectivity index (χ3n) is 3.16. The summed E-state index contributed by atoms with van der Waals surface area (Å²) < 4.78 is 37.8. The zero-order chi connectivity index (χ0) is 17.2. The van der Waals surface area contributed by atoms with Crippen molar-refractivity contribution < 1.29 is 18.0 Å². The van der Waals surface area contributed by atoms with Crippen LogP contribution in [0.25, 0.3) is 0 Å². The molecule has 2 aromatic rings. The van der Waals surface area contributed by atoms with Crippen LogP contribution in [0.4, 0.5) is 18.3 Å². The minimum Gasteiger partial charge on any atom is -0.296 e. The summed E-state index contributed by atoms with van der Waals surface area (Å²) in [6, 6.07) is 7.11. The van der Waals surface area contributed by atoms with Crippen molar-refractivity contribution in [2.45, 2.75) is 17.2 Å². The summed E-state index contributed by atoms with van der Waals surface area (Å²) >= 11 is 4.06. The van der Waals surface area contributed by atoms with Crippen molar-refractivity contribution in [2.24, 2.45) is 0 Å². The molecule has 0 radical (unpaired) electrons. The number of carbonyl (C=O) groups excluding carboxylic acids is 1. The molecule has 0 spiro atoms. The maximum Gasteiger partial charge on any atom is 0.445 e. The molecule has 1 aromatic heterocycles. The lowest BCUT2D eigenvalue weighted by atomic mass is 10.1. The van der Waals surface area contributed by atoms with E-state index in [1.54, 1.807) is 12.1 Å². The van der Waals surface area contributed by atoms with Gasteiger partial charge in [-0.25, -0.2) is 0 Å². The van der Waals surface area contributed by atoms with Gasteiger partial charge in [0.1, 0.15) is 0 Å². The van der Waals surface area contributed by atoms with Gasteiger partial charge in [0, 0.05) is 5.56 Å². The van der Waals surface area contributed by atoms with E-state index in [9.17, 15) is 18.0 Å². The Morgan fingerprint density at radius 3 is 2.38 bits per heavy atom. The quantitative estimate of drug-likeness (QED) is 0.823. The number of nitrogens with zero attached hydrogens (tertiary/aromatic N) is 2. The highest BCUT2D eigenvalue weighted by Crippen LogP contribution is 2.43. The van der Waals surface area contributed by atoms with Crippen LogP contribution in [0, 0.1) is 0 Å². The minimum absolute atomic E-state index is 0.171. The number of carbonyl (C=O) groups is 1. The van der Waals surface area contributed by atoms with Crippen molar-refractivity contribution >= 4 is 45.9 Å². The van der Waals surface area contributed by atoms with Crippen molar-refractivity contribution in [1.29, 1.82) is 0 Å². The van der Waals surface area contributed by atoms with Gasteiger partial charge in [-0.15, -0.1) is 33.7 Å². The smallest absolute Gasteiger partial charge is 0.296 e. The van der Waals surface area contributed by atoms with Crippen molar-refractivity contribution in [3.05, 3.63) is 40.4 Å². The predicted octanol–water partition coefficient (Wildman–Crippen LogP) is 4.68. The fourth-order valence-corrected chi connectivity index (χ4v) is 5.53. The molecular formula is C14H12F3N3OS3. The second-order valence-electron chi connectivity index (χ2n) is 4.91. The monoisotopic (exact) mass is 391 g/mol. The number of nitrogens with one attached hydrogen (secondary N) is 1. The van der Waals surface area contributed by atoms with Gasteiger partial charge in [0.25, 0.3) is 5.91 Å². The molecule has 1 aromatic carbocycles. The highest BCUT2D eigenvalue weighted by Gasteiger charge is 2.35. The third-order valence-corrected chi connectivity index (χ3v) is 7.06. The molecule has 0 unspecified atom stereocenters. The first-order chi connectivity index (χ1) is 11.4. The Balaban J connectivity index is 1.65. The molecule has 1 fully saturated rings. The number of thioether (sulfide) groups is 2. The van der Waals surface area contributed by atoms with Crippen LogP contribution in [0.5, 0.6) is 0 Å². The molecule has 1 amide bonds. The molecule has 1 saturated heterocycles. The van der Waals surface area contributed by atoms with Crippen LogP contribution in [0.15, 0.2) is 24.3 Å². The summed E-state index contributed by atoms with van der Waals surface area (Å²) in [5, 5.41) is 7.47. The Kier molecular flexibility index (Phi) is 5.36. The lowest BCUT2D eigenvalue weighted by Gasteiger charge is -2.21. The Morgan fingerprint density at radius 2 is 1.79 bits per heavy atom. The molecule has 2 heterocycles. The SMILES string of the molecule is O=C(Nc1nnc(C(F)(F)F)s1)c1ccc(C2SCCCS2)cc1. The van der Waals surface area contributed by atoms with Gasteiger partial charge in [0.05, 0.1) is 4.58 Å². The number of benzene rings is 1. The predicted molar refractivity (Wildman–Crippen MR) is 91.6 cm³/mol. The molecule has 3 rings (SSSR count). The highest BCUT2D eigenvalue weighted by atomic mass is 32.2. The van der Waals surface area contributed by atoms with E-state index in [4.69, 9.17) is 0 Å². The Bertz CT molecular complexity index is 712. The third kappa shape index (κ3) is 4.22. The second kappa shape index (κ2) is 7.32.